The summed E-state index contributed by atoms with van der Waals surface area (Å²) in [6, 6.07) is 17.0. The van der Waals surface area contributed by atoms with Crippen molar-refractivity contribution in [1.82, 2.24) is 9.97 Å². The quantitative estimate of drug-likeness (QED) is 0.513. The van der Waals surface area contributed by atoms with Crippen molar-refractivity contribution in [2.45, 2.75) is 19.8 Å². The van der Waals surface area contributed by atoms with E-state index in [1.54, 1.807) is 13.3 Å². The summed E-state index contributed by atoms with van der Waals surface area (Å²) in [4.78, 5) is 19.0. The Hall–Kier alpha value is -3.41. The lowest BCUT2D eigenvalue weighted by atomic mass is 10.0. The third-order valence-electron chi connectivity index (χ3n) is 4.11. The summed E-state index contributed by atoms with van der Waals surface area (Å²) in [5, 5.41) is 4.16. The zero-order chi connectivity index (χ0) is 19.2. The summed E-state index contributed by atoms with van der Waals surface area (Å²) >= 11 is 0. The van der Waals surface area contributed by atoms with E-state index in [1.807, 2.05) is 36.4 Å². The first-order valence-electron chi connectivity index (χ1n) is 8.70. The number of hydrogen-bond acceptors (Lipinski definition) is 5. The first-order chi connectivity index (χ1) is 13.0. The van der Waals surface area contributed by atoms with Crippen molar-refractivity contribution in [2.24, 2.45) is 5.10 Å². The second-order valence-electron chi connectivity index (χ2n) is 6.40. The summed E-state index contributed by atoms with van der Waals surface area (Å²) in [6.07, 6.45) is 1.68. The van der Waals surface area contributed by atoms with Gasteiger partial charge in [0, 0.05) is 11.6 Å². The molecule has 0 aliphatic rings. The highest BCUT2D eigenvalue weighted by Crippen LogP contribution is 2.20. The Balaban J connectivity index is 1.75. The number of rotatable bonds is 6. The second-order valence-corrected chi connectivity index (χ2v) is 6.40. The van der Waals surface area contributed by atoms with E-state index in [4.69, 9.17) is 4.74 Å². The van der Waals surface area contributed by atoms with Crippen LogP contribution in [0.4, 0.5) is 5.95 Å². The van der Waals surface area contributed by atoms with Gasteiger partial charge in [-0.05, 0) is 41.3 Å². The van der Waals surface area contributed by atoms with Gasteiger partial charge in [0.05, 0.1) is 19.0 Å². The van der Waals surface area contributed by atoms with E-state index in [2.05, 4.69) is 46.5 Å². The molecule has 3 aromatic rings. The molecule has 1 heterocycles. The number of hydrogen-bond donors (Lipinski definition) is 2. The standard InChI is InChI=1S/C21H22N4O2/c1-14(2)16-6-4-15(5-7-16)13-22-25-21-23-19(12-20(26)24-21)17-8-10-18(27-3)11-9-17/h4-14H,1-3H3,(H2,23,24,25,26)/b22-13-. The normalized spacial score (nSPS) is 11.1. The van der Waals surface area contributed by atoms with Crippen LogP contribution in [-0.4, -0.2) is 23.3 Å². The molecule has 0 saturated heterocycles. The van der Waals surface area contributed by atoms with Crippen molar-refractivity contribution >= 4 is 12.2 Å². The average Bonchev–Trinajstić information content (AvgIpc) is 2.68. The van der Waals surface area contributed by atoms with Gasteiger partial charge in [0.2, 0.25) is 5.95 Å². The molecule has 1 aromatic heterocycles. The zero-order valence-corrected chi connectivity index (χ0v) is 15.6. The molecule has 2 N–H and O–H groups in total. The maximum absolute atomic E-state index is 11.9. The van der Waals surface area contributed by atoms with Crippen LogP contribution in [0.1, 0.15) is 30.9 Å². The van der Waals surface area contributed by atoms with Gasteiger partial charge in [-0.15, -0.1) is 0 Å². The van der Waals surface area contributed by atoms with E-state index < -0.39 is 0 Å². The number of hydrazone groups is 1. The molecule has 6 nitrogen and oxygen atoms in total. The number of nitrogens with one attached hydrogen (secondary N) is 2. The predicted molar refractivity (Wildman–Crippen MR) is 109 cm³/mol. The van der Waals surface area contributed by atoms with Crippen LogP contribution in [0, 0.1) is 0 Å². The van der Waals surface area contributed by atoms with Crippen LogP contribution in [-0.2, 0) is 0 Å². The van der Waals surface area contributed by atoms with Gasteiger partial charge >= 0.3 is 0 Å². The van der Waals surface area contributed by atoms with Crippen molar-refractivity contribution in [3.8, 4) is 17.0 Å². The molecule has 0 radical (unpaired) electrons. The fourth-order valence-electron chi connectivity index (χ4n) is 2.56. The molecule has 0 aliphatic carbocycles. The summed E-state index contributed by atoms with van der Waals surface area (Å²) < 4.78 is 5.15. The Labute approximate surface area is 157 Å². The smallest absolute Gasteiger partial charge is 0.252 e. The van der Waals surface area contributed by atoms with Crippen molar-refractivity contribution < 1.29 is 4.74 Å². The Morgan fingerprint density at radius 2 is 1.81 bits per heavy atom. The van der Waals surface area contributed by atoms with Crippen molar-refractivity contribution in [1.29, 1.82) is 0 Å². The fraction of sp³-hybridized carbons (Fsp3) is 0.190. The molecular formula is C21H22N4O2. The lowest BCUT2D eigenvalue weighted by Crippen LogP contribution is -2.10. The molecule has 0 spiro atoms. The molecule has 0 amide bonds. The molecule has 138 valence electrons. The number of nitrogens with zero attached hydrogens (tertiary/aromatic N) is 2. The zero-order valence-electron chi connectivity index (χ0n) is 15.6. The first kappa shape index (κ1) is 18.4. The molecule has 0 atom stereocenters. The fourth-order valence-corrected chi connectivity index (χ4v) is 2.56. The highest BCUT2D eigenvalue weighted by Gasteiger charge is 2.04. The topological polar surface area (TPSA) is 79.4 Å². The van der Waals surface area contributed by atoms with Crippen LogP contribution in [0.25, 0.3) is 11.3 Å². The second kappa shape index (κ2) is 8.31. The van der Waals surface area contributed by atoms with Crippen molar-refractivity contribution in [2.75, 3.05) is 12.5 Å². The Kier molecular flexibility index (Phi) is 5.66. The van der Waals surface area contributed by atoms with Crippen LogP contribution < -0.4 is 15.7 Å². The van der Waals surface area contributed by atoms with E-state index in [9.17, 15) is 4.79 Å². The Bertz CT molecular complexity index is 974. The lowest BCUT2D eigenvalue weighted by molar-refractivity contribution is 0.415. The van der Waals surface area contributed by atoms with Gasteiger partial charge in [-0.3, -0.25) is 9.78 Å². The van der Waals surface area contributed by atoms with Gasteiger partial charge in [0.15, 0.2) is 0 Å². The van der Waals surface area contributed by atoms with Crippen molar-refractivity contribution in [3.05, 3.63) is 76.1 Å². The molecule has 0 fully saturated rings. The average molecular weight is 362 g/mol. The molecule has 0 bridgehead atoms. The monoisotopic (exact) mass is 362 g/mol. The number of aromatic amines is 1. The predicted octanol–water partition coefficient (Wildman–Crippen LogP) is 4.01. The van der Waals surface area contributed by atoms with E-state index >= 15 is 0 Å². The number of methoxy groups -OCH3 is 1. The minimum absolute atomic E-state index is 0.255. The minimum atomic E-state index is -0.255. The molecule has 0 aliphatic heterocycles. The number of benzene rings is 2. The van der Waals surface area contributed by atoms with Gasteiger partial charge in [0.25, 0.3) is 5.56 Å². The molecule has 6 heteroatoms. The van der Waals surface area contributed by atoms with Gasteiger partial charge < -0.3 is 4.74 Å². The van der Waals surface area contributed by atoms with Gasteiger partial charge in [-0.1, -0.05) is 38.1 Å². The number of aromatic nitrogens is 2. The number of H-pyrrole nitrogens is 1. The van der Waals surface area contributed by atoms with E-state index in [0.29, 0.717) is 11.6 Å². The highest BCUT2D eigenvalue weighted by atomic mass is 16.5. The van der Waals surface area contributed by atoms with Gasteiger partial charge in [0.1, 0.15) is 5.75 Å². The molecule has 0 unspecified atom stereocenters. The highest BCUT2D eigenvalue weighted by molar-refractivity contribution is 5.80. The lowest BCUT2D eigenvalue weighted by Gasteiger charge is -2.06. The summed E-state index contributed by atoms with van der Waals surface area (Å²) in [7, 11) is 1.61. The molecule has 0 saturated carbocycles. The van der Waals surface area contributed by atoms with Crippen LogP contribution in [0.3, 0.4) is 0 Å². The van der Waals surface area contributed by atoms with Crippen LogP contribution >= 0.6 is 0 Å². The number of ether oxygens (including phenoxy) is 1. The molecule has 3 rings (SSSR count). The first-order valence-corrected chi connectivity index (χ1v) is 8.70. The Morgan fingerprint density at radius 1 is 1.11 bits per heavy atom. The van der Waals surface area contributed by atoms with Crippen molar-refractivity contribution in [3.63, 3.8) is 0 Å². The summed E-state index contributed by atoms with van der Waals surface area (Å²) in [5.74, 6) is 1.52. The summed E-state index contributed by atoms with van der Waals surface area (Å²) in [6.45, 7) is 4.31. The van der Waals surface area contributed by atoms with E-state index in [-0.39, 0.29) is 11.5 Å². The molecular weight excluding hydrogens is 340 g/mol. The van der Waals surface area contributed by atoms with E-state index in [0.717, 1.165) is 16.9 Å². The maximum atomic E-state index is 11.9. The van der Waals surface area contributed by atoms with Crippen LogP contribution in [0.2, 0.25) is 0 Å². The van der Waals surface area contributed by atoms with Gasteiger partial charge in [-0.2, -0.15) is 5.10 Å². The van der Waals surface area contributed by atoms with Gasteiger partial charge in [-0.25, -0.2) is 10.4 Å². The third-order valence-corrected chi connectivity index (χ3v) is 4.11. The number of anilines is 1. The SMILES string of the molecule is COc1ccc(-c2cc(=O)[nH]c(N/N=C\c3ccc(C(C)C)cc3)n2)cc1. The molecule has 27 heavy (non-hydrogen) atoms. The molecule has 2 aromatic carbocycles. The van der Waals surface area contributed by atoms with E-state index in [1.165, 1.54) is 11.6 Å². The third kappa shape index (κ3) is 4.82. The van der Waals surface area contributed by atoms with Crippen LogP contribution in [0.15, 0.2) is 64.5 Å². The maximum Gasteiger partial charge on any atom is 0.252 e. The summed E-state index contributed by atoms with van der Waals surface area (Å²) in [5.41, 5.74) is 6.14. The Morgan fingerprint density at radius 3 is 2.44 bits per heavy atom. The minimum Gasteiger partial charge on any atom is -0.497 e. The van der Waals surface area contributed by atoms with Crippen LogP contribution in [0.5, 0.6) is 5.75 Å². The largest absolute Gasteiger partial charge is 0.497 e.